The van der Waals surface area contributed by atoms with E-state index in [1.807, 2.05) is 18.2 Å². The van der Waals surface area contributed by atoms with E-state index in [0.717, 1.165) is 77.3 Å². The average Bonchev–Trinajstić information content (AvgIpc) is 3.94. The van der Waals surface area contributed by atoms with Gasteiger partial charge in [-0.1, -0.05) is 91.0 Å². The van der Waals surface area contributed by atoms with Gasteiger partial charge in [-0.05, 0) is 83.9 Å². The van der Waals surface area contributed by atoms with Crippen molar-refractivity contribution in [2.45, 2.75) is 0 Å². The van der Waals surface area contributed by atoms with Gasteiger partial charge >= 0.3 is 0 Å². The number of aromatic nitrogens is 2. The van der Waals surface area contributed by atoms with Crippen LogP contribution in [0, 0.1) is 0 Å². The Labute approximate surface area is 296 Å². The predicted octanol–water partition coefficient (Wildman–Crippen LogP) is 13.3. The summed E-state index contributed by atoms with van der Waals surface area (Å²) in [4.78, 5) is 0. The average molecular weight is 665 g/mol. The van der Waals surface area contributed by atoms with Gasteiger partial charge in [0, 0.05) is 60.5 Å². The molecule has 4 heterocycles. The first kappa shape index (κ1) is 27.7. The van der Waals surface area contributed by atoms with Gasteiger partial charge in [0.2, 0.25) is 0 Å². The van der Waals surface area contributed by atoms with Gasteiger partial charge in [0.05, 0.1) is 22.1 Å². The maximum atomic E-state index is 6.62. The summed E-state index contributed by atoms with van der Waals surface area (Å²) in [7, 11) is 0. The summed E-state index contributed by atoms with van der Waals surface area (Å²) >= 11 is 0. The van der Waals surface area contributed by atoms with Crippen LogP contribution in [0.15, 0.2) is 179 Å². The fourth-order valence-electron chi connectivity index (χ4n) is 8.58. The number of fused-ring (bicyclic) bond motifs is 13. The van der Waals surface area contributed by atoms with E-state index in [1.165, 1.54) is 32.7 Å². The second-order valence-electron chi connectivity index (χ2n) is 13.7. The zero-order chi connectivity index (χ0) is 33.9. The lowest BCUT2D eigenvalue weighted by Crippen LogP contribution is -1.93. The number of hydrogen-bond donors (Lipinski definition) is 0. The second kappa shape index (κ2) is 10.3. The first-order valence-electron chi connectivity index (χ1n) is 17.7. The van der Waals surface area contributed by atoms with Gasteiger partial charge in [0.15, 0.2) is 5.58 Å². The Kier molecular flexibility index (Phi) is 5.47. The van der Waals surface area contributed by atoms with Crippen LogP contribution in [0.5, 0.6) is 0 Å². The summed E-state index contributed by atoms with van der Waals surface area (Å²) in [6.45, 7) is 0. The fraction of sp³-hybridized carbons (Fsp3) is 0. The van der Waals surface area contributed by atoms with Crippen molar-refractivity contribution in [3.63, 3.8) is 0 Å². The van der Waals surface area contributed by atoms with Crippen LogP contribution in [0.1, 0.15) is 0 Å². The van der Waals surface area contributed by atoms with E-state index in [1.54, 1.807) is 0 Å². The third kappa shape index (κ3) is 3.75. The summed E-state index contributed by atoms with van der Waals surface area (Å²) in [5.41, 5.74) is 12.7. The van der Waals surface area contributed by atoms with Gasteiger partial charge in [-0.2, -0.15) is 0 Å². The van der Waals surface area contributed by atoms with E-state index in [4.69, 9.17) is 8.83 Å². The molecule has 12 aromatic rings. The van der Waals surface area contributed by atoms with Crippen molar-refractivity contribution in [1.82, 2.24) is 9.13 Å². The molecule has 0 aliphatic heterocycles. The molecule has 0 N–H and O–H groups in total. The zero-order valence-corrected chi connectivity index (χ0v) is 27.9. The van der Waals surface area contributed by atoms with E-state index in [2.05, 4.69) is 161 Å². The molecule has 0 aliphatic carbocycles. The van der Waals surface area contributed by atoms with Gasteiger partial charge in [0.1, 0.15) is 16.7 Å². The highest BCUT2D eigenvalue weighted by molar-refractivity contribution is 6.22. The molecule has 4 heteroatoms. The third-order valence-corrected chi connectivity index (χ3v) is 10.9. The summed E-state index contributed by atoms with van der Waals surface area (Å²) < 4.78 is 17.7. The molecular weight excluding hydrogens is 637 g/mol. The number of rotatable bonds is 3. The van der Waals surface area contributed by atoms with Crippen molar-refractivity contribution in [2.24, 2.45) is 0 Å². The number of hydrogen-bond acceptors (Lipinski definition) is 2. The minimum absolute atomic E-state index is 0.896. The van der Waals surface area contributed by atoms with Gasteiger partial charge < -0.3 is 18.0 Å². The van der Waals surface area contributed by atoms with Crippen molar-refractivity contribution in [3.8, 4) is 22.5 Å². The molecule has 242 valence electrons. The van der Waals surface area contributed by atoms with Gasteiger partial charge in [-0.25, -0.2) is 0 Å². The van der Waals surface area contributed by atoms with E-state index < -0.39 is 0 Å². The highest BCUT2D eigenvalue weighted by atomic mass is 16.3. The molecule has 0 amide bonds. The van der Waals surface area contributed by atoms with Crippen molar-refractivity contribution < 1.29 is 8.83 Å². The van der Waals surface area contributed by atoms with Crippen molar-refractivity contribution in [2.75, 3.05) is 0 Å². The Morgan fingerprint density at radius 1 is 0.308 bits per heavy atom. The molecule has 0 aliphatic rings. The summed E-state index contributed by atoms with van der Waals surface area (Å²) in [5, 5.41) is 9.30. The Morgan fingerprint density at radius 2 is 0.846 bits per heavy atom. The molecule has 4 nitrogen and oxygen atoms in total. The summed E-state index contributed by atoms with van der Waals surface area (Å²) in [6.07, 6.45) is 0. The van der Waals surface area contributed by atoms with Crippen LogP contribution in [-0.4, -0.2) is 9.13 Å². The normalized spacial score (nSPS) is 12.2. The molecule has 0 unspecified atom stereocenters. The molecule has 4 aromatic heterocycles. The monoisotopic (exact) mass is 664 g/mol. The molecule has 0 fully saturated rings. The highest BCUT2D eigenvalue weighted by Crippen LogP contribution is 2.43. The maximum absolute atomic E-state index is 6.62. The van der Waals surface area contributed by atoms with E-state index in [-0.39, 0.29) is 0 Å². The fourth-order valence-corrected chi connectivity index (χ4v) is 8.58. The number of furan rings is 2. The zero-order valence-electron chi connectivity index (χ0n) is 27.9. The van der Waals surface area contributed by atoms with Crippen molar-refractivity contribution in [3.05, 3.63) is 170 Å². The molecule has 0 spiro atoms. The number of para-hydroxylation sites is 4. The van der Waals surface area contributed by atoms with Gasteiger partial charge in [0.25, 0.3) is 0 Å². The Balaban J connectivity index is 1.13. The number of nitrogens with zero attached hydrogens (tertiary/aromatic N) is 2. The molecule has 52 heavy (non-hydrogen) atoms. The largest absolute Gasteiger partial charge is 0.456 e. The Hall–Kier alpha value is -7.04. The highest BCUT2D eigenvalue weighted by Gasteiger charge is 2.21. The first-order chi connectivity index (χ1) is 25.8. The van der Waals surface area contributed by atoms with Gasteiger partial charge in [-0.15, -0.1) is 0 Å². The van der Waals surface area contributed by atoms with Crippen molar-refractivity contribution in [1.29, 1.82) is 0 Å². The lowest BCUT2D eigenvalue weighted by molar-refractivity contribution is 0.669. The van der Waals surface area contributed by atoms with Crippen molar-refractivity contribution >= 4 is 87.5 Å². The van der Waals surface area contributed by atoms with Crippen LogP contribution in [0.2, 0.25) is 0 Å². The lowest BCUT2D eigenvalue weighted by Gasteiger charge is -2.09. The van der Waals surface area contributed by atoms with Crippen LogP contribution >= 0.6 is 0 Å². The minimum atomic E-state index is 0.896. The molecular formula is C48H28N2O2. The Bertz CT molecular complexity index is 3400. The quantitative estimate of drug-likeness (QED) is 0.188. The molecule has 0 bridgehead atoms. The van der Waals surface area contributed by atoms with Gasteiger partial charge in [-0.3, -0.25) is 0 Å². The van der Waals surface area contributed by atoms with E-state index in [0.29, 0.717) is 0 Å². The minimum Gasteiger partial charge on any atom is -0.456 e. The molecule has 8 aromatic carbocycles. The first-order valence-corrected chi connectivity index (χ1v) is 17.7. The topological polar surface area (TPSA) is 36.1 Å². The third-order valence-electron chi connectivity index (χ3n) is 10.9. The number of benzene rings is 8. The van der Waals surface area contributed by atoms with E-state index in [9.17, 15) is 0 Å². The lowest BCUT2D eigenvalue weighted by atomic mass is 10.00. The van der Waals surface area contributed by atoms with Crippen LogP contribution < -0.4 is 0 Å². The Morgan fingerprint density at radius 3 is 1.56 bits per heavy atom. The molecule has 0 atom stereocenters. The van der Waals surface area contributed by atoms with Crippen LogP contribution in [0.25, 0.3) is 110 Å². The summed E-state index contributed by atoms with van der Waals surface area (Å²) in [6, 6.07) is 60.6. The van der Waals surface area contributed by atoms with Crippen LogP contribution in [0.3, 0.4) is 0 Å². The SMILES string of the molecule is c1ccc(-n2c3ccc(-c4ccc5c(c4)c4ccc6c7ccccc7oc6c4n5-c4ccccc4)cc3c3cc4c(cc32)oc2ccccc24)cc1. The van der Waals surface area contributed by atoms with Crippen LogP contribution in [0.4, 0.5) is 0 Å². The molecule has 0 radical (unpaired) electrons. The predicted molar refractivity (Wildman–Crippen MR) is 215 cm³/mol. The molecule has 12 rings (SSSR count). The summed E-state index contributed by atoms with van der Waals surface area (Å²) in [5.74, 6) is 0. The molecule has 0 saturated heterocycles. The second-order valence-corrected chi connectivity index (χ2v) is 13.7. The van der Waals surface area contributed by atoms with E-state index >= 15 is 0 Å². The maximum Gasteiger partial charge on any atom is 0.160 e. The van der Waals surface area contributed by atoms with Crippen LogP contribution in [-0.2, 0) is 0 Å². The molecule has 0 saturated carbocycles. The standard InChI is InChI=1S/C48H28N2O2/c1-3-11-31(12-4-1)49-41-23-19-30(26-38(41)39-27-40-34-16-8-9-17-44(34)51-46(40)28-43(39)49)29-20-24-42-37(25-29)35-21-22-36-33-15-7-10-18-45(33)52-48(36)47(35)50(42)32-13-5-2-6-14-32/h1-28H. The smallest absolute Gasteiger partial charge is 0.160 e.